The average Bonchev–Trinajstić information content (AvgIpc) is 2.01. The Bertz CT molecular complexity index is 304. The maximum atomic E-state index is 5.61. The number of rotatable bonds is 4. The van der Waals surface area contributed by atoms with Crippen LogP contribution in [0, 0.1) is 0 Å². The molecule has 0 bridgehead atoms. The van der Waals surface area contributed by atoms with Crippen LogP contribution in [0.15, 0.2) is 27.6 Å². The molecule has 1 N–H and O–H groups in total. The maximum absolute atomic E-state index is 5.61. The molecule has 0 aliphatic carbocycles. The monoisotopic (exact) mass is 275 g/mol. The van der Waals surface area contributed by atoms with Gasteiger partial charge < -0.3 is 4.74 Å². The largest absolute Gasteiger partial charge is 0.491 e. The molecule has 0 amide bonds. The van der Waals surface area contributed by atoms with Gasteiger partial charge in [-0.05, 0) is 51.0 Å². The summed E-state index contributed by atoms with van der Waals surface area (Å²) in [6, 6.07) is 6.04. The van der Waals surface area contributed by atoms with Crippen molar-refractivity contribution in [1.82, 2.24) is 4.72 Å². The number of benzene rings is 1. The first-order valence-corrected chi connectivity index (χ1v) is 6.03. The third kappa shape index (κ3) is 3.90. The minimum absolute atomic E-state index is 0.205. The zero-order valence-electron chi connectivity index (χ0n) is 8.50. The van der Waals surface area contributed by atoms with Gasteiger partial charge in [0.05, 0.1) is 6.10 Å². The number of halogens is 1. The third-order valence-electron chi connectivity index (χ3n) is 1.44. The zero-order valence-corrected chi connectivity index (χ0v) is 10.9. The van der Waals surface area contributed by atoms with Crippen molar-refractivity contribution in [3.8, 4) is 5.75 Å². The lowest BCUT2D eigenvalue weighted by Gasteiger charge is -2.11. The molecule has 2 nitrogen and oxygen atoms in total. The zero-order chi connectivity index (χ0) is 10.6. The van der Waals surface area contributed by atoms with E-state index in [2.05, 4.69) is 20.7 Å². The predicted octanol–water partition coefficient (Wildman–Crippen LogP) is 3.46. The van der Waals surface area contributed by atoms with Crippen molar-refractivity contribution in [3.05, 3.63) is 22.7 Å². The summed E-state index contributed by atoms with van der Waals surface area (Å²) in [5.74, 6) is 0.895. The van der Waals surface area contributed by atoms with Gasteiger partial charge >= 0.3 is 0 Å². The Balaban J connectivity index is 2.83. The van der Waals surface area contributed by atoms with Crippen LogP contribution < -0.4 is 9.46 Å². The first-order chi connectivity index (χ1) is 6.61. The standard InChI is InChI=1S/C10H14BrNOS/c1-7(2)13-9-4-8(11)5-10(6-9)14-12-3/h4-7,12H,1-3H3. The van der Waals surface area contributed by atoms with Crippen molar-refractivity contribution in [3.63, 3.8) is 0 Å². The fraction of sp³-hybridized carbons (Fsp3) is 0.400. The summed E-state index contributed by atoms with van der Waals surface area (Å²) in [5.41, 5.74) is 0. The van der Waals surface area contributed by atoms with Crippen LogP contribution in [0.25, 0.3) is 0 Å². The molecule has 1 aromatic carbocycles. The molecular formula is C10H14BrNOS. The molecule has 14 heavy (non-hydrogen) atoms. The van der Waals surface area contributed by atoms with Crippen molar-refractivity contribution in [2.75, 3.05) is 7.05 Å². The normalized spacial score (nSPS) is 10.6. The second-order valence-electron chi connectivity index (χ2n) is 3.10. The Kier molecular flexibility index (Phi) is 4.78. The smallest absolute Gasteiger partial charge is 0.121 e. The molecule has 0 heterocycles. The van der Waals surface area contributed by atoms with Crippen LogP contribution in [0.2, 0.25) is 0 Å². The molecule has 4 heteroatoms. The van der Waals surface area contributed by atoms with Gasteiger partial charge in [-0.2, -0.15) is 0 Å². The van der Waals surface area contributed by atoms with E-state index in [0.717, 1.165) is 15.1 Å². The molecule has 0 saturated carbocycles. The van der Waals surface area contributed by atoms with Gasteiger partial charge in [0.1, 0.15) is 5.75 Å². The fourth-order valence-corrected chi connectivity index (χ4v) is 2.27. The van der Waals surface area contributed by atoms with Crippen LogP contribution >= 0.6 is 27.9 Å². The lowest BCUT2D eigenvalue weighted by Crippen LogP contribution is -2.05. The van der Waals surface area contributed by atoms with Crippen LogP contribution in [0.4, 0.5) is 0 Å². The number of ether oxygens (including phenoxy) is 1. The van der Waals surface area contributed by atoms with E-state index in [-0.39, 0.29) is 6.10 Å². The molecule has 0 unspecified atom stereocenters. The summed E-state index contributed by atoms with van der Waals surface area (Å²) in [6.07, 6.45) is 0.205. The van der Waals surface area contributed by atoms with Gasteiger partial charge in [0.25, 0.3) is 0 Å². The number of hydrogen-bond acceptors (Lipinski definition) is 3. The first-order valence-electron chi connectivity index (χ1n) is 4.42. The first kappa shape index (κ1) is 11.9. The van der Waals surface area contributed by atoms with Crippen molar-refractivity contribution in [2.45, 2.75) is 24.8 Å². The van der Waals surface area contributed by atoms with Crippen LogP contribution in [-0.4, -0.2) is 13.2 Å². The van der Waals surface area contributed by atoms with Gasteiger partial charge in [0, 0.05) is 9.37 Å². The van der Waals surface area contributed by atoms with Crippen LogP contribution in [0.1, 0.15) is 13.8 Å². The highest BCUT2D eigenvalue weighted by atomic mass is 79.9. The Hall–Kier alpha value is -0.190. The molecular weight excluding hydrogens is 262 g/mol. The Morgan fingerprint density at radius 1 is 1.36 bits per heavy atom. The molecule has 0 radical (unpaired) electrons. The lowest BCUT2D eigenvalue weighted by molar-refractivity contribution is 0.241. The molecule has 0 fully saturated rings. The van der Waals surface area contributed by atoms with Gasteiger partial charge in [-0.15, -0.1) is 0 Å². The molecule has 1 aromatic rings. The van der Waals surface area contributed by atoms with Crippen LogP contribution in [0.5, 0.6) is 5.75 Å². The van der Waals surface area contributed by atoms with E-state index in [9.17, 15) is 0 Å². The van der Waals surface area contributed by atoms with E-state index in [1.165, 1.54) is 0 Å². The van der Waals surface area contributed by atoms with E-state index < -0.39 is 0 Å². The molecule has 0 spiro atoms. The SMILES string of the molecule is CNSc1cc(Br)cc(OC(C)C)c1. The maximum Gasteiger partial charge on any atom is 0.121 e. The molecule has 78 valence electrons. The van der Waals surface area contributed by atoms with E-state index in [4.69, 9.17) is 4.74 Å². The van der Waals surface area contributed by atoms with E-state index in [1.807, 2.05) is 39.1 Å². The molecule has 0 saturated heterocycles. The van der Waals surface area contributed by atoms with E-state index >= 15 is 0 Å². The number of nitrogens with one attached hydrogen (secondary N) is 1. The summed E-state index contributed by atoms with van der Waals surface area (Å²) in [6.45, 7) is 4.04. The summed E-state index contributed by atoms with van der Waals surface area (Å²) in [4.78, 5) is 1.14. The topological polar surface area (TPSA) is 21.3 Å². The van der Waals surface area contributed by atoms with Crippen LogP contribution in [-0.2, 0) is 0 Å². The second-order valence-corrected chi connectivity index (χ2v) is 5.09. The quantitative estimate of drug-likeness (QED) is 0.851. The van der Waals surface area contributed by atoms with E-state index in [1.54, 1.807) is 11.9 Å². The minimum Gasteiger partial charge on any atom is -0.491 e. The second kappa shape index (κ2) is 5.63. The molecule has 0 aliphatic rings. The highest BCUT2D eigenvalue weighted by Crippen LogP contribution is 2.27. The van der Waals surface area contributed by atoms with E-state index in [0.29, 0.717) is 0 Å². The fourth-order valence-electron chi connectivity index (χ4n) is 1.05. The third-order valence-corrected chi connectivity index (χ3v) is 2.57. The van der Waals surface area contributed by atoms with Crippen molar-refractivity contribution in [1.29, 1.82) is 0 Å². The highest BCUT2D eigenvalue weighted by molar-refractivity contribution is 9.10. The van der Waals surface area contributed by atoms with Gasteiger partial charge in [-0.1, -0.05) is 15.9 Å². The summed E-state index contributed by atoms with van der Waals surface area (Å²) in [7, 11) is 1.90. The summed E-state index contributed by atoms with van der Waals surface area (Å²) in [5, 5.41) is 0. The minimum atomic E-state index is 0.205. The van der Waals surface area contributed by atoms with Crippen molar-refractivity contribution < 1.29 is 4.74 Å². The van der Waals surface area contributed by atoms with Crippen LogP contribution in [0.3, 0.4) is 0 Å². The highest BCUT2D eigenvalue weighted by Gasteiger charge is 2.02. The molecule has 1 rings (SSSR count). The Morgan fingerprint density at radius 2 is 2.07 bits per heavy atom. The summed E-state index contributed by atoms with van der Waals surface area (Å²) < 4.78 is 9.68. The van der Waals surface area contributed by atoms with Crippen molar-refractivity contribution in [2.24, 2.45) is 0 Å². The summed E-state index contributed by atoms with van der Waals surface area (Å²) >= 11 is 5.02. The van der Waals surface area contributed by atoms with Gasteiger partial charge in [0.2, 0.25) is 0 Å². The Morgan fingerprint density at radius 3 is 2.64 bits per heavy atom. The predicted molar refractivity (Wildman–Crippen MR) is 64.8 cm³/mol. The van der Waals surface area contributed by atoms with Gasteiger partial charge in [0.15, 0.2) is 0 Å². The molecule has 0 aliphatic heterocycles. The Labute approximate surface area is 97.7 Å². The number of hydrogen-bond donors (Lipinski definition) is 1. The van der Waals surface area contributed by atoms with Gasteiger partial charge in [-0.3, -0.25) is 4.72 Å². The average molecular weight is 276 g/mol. The molecule has 0 atom stereocenters. The van der Waals surface area contributed by atoms with Gasteiger partial charge in [-0.25, -0.2) is 0 Å². The molecule has 0 aromatic heterocycles. The van der Waals surface area contributed by atoms with Crippen molar-refractivity contribution >= 4 is 27.9 Å². The lowest BCUT2D eigenvalue weighted by atomic mass is 10.3.